The molecule has 0 aromatic carbocycles. The van der Waals surface area contributed by atoms with E-state index in [1.807, 2.05) is 4.98 Å². The number of diazo groups is 1. The van der Waals surface area contributed by atoms with Gasteiger partial charge in [0.25, 0.3) is 11.2 Å². The maximum absolute atomic E-state index is 11.1. The molecule has 13 heavy (non-hydrogen) atoms. The molecule has 0 aliphatic heterocycles. The maximum atomic E-state index is 11.1. The summed E-state index contributed by atoms with van der Waals surface area (Å²) in [5, 5.41) is 8.33. The van der Waals surface area contributed by atoms with Crippen molar-refractivity contribution < 1.29 is 0 Å². The summed E-state index contributed by atoms with van der Waals surface area (Å²) in [4.78, 5) is 34.8. The molecular formula is C5H3N6O2+. The van der Waals surface area contributed by atoms with Crippen LogP contribution in [0.1, 0.15) is 0 Å². The number of fused-ring (bicyclic) bond motifs is 1. The van der Waals surface area contributed by atoms with Gasteiger partial charge in [0.2, 0.25) is 5.52 Å². The molecule has 2 heterocycles. The number of aromatic amines is 3. The molecule has 0 saturated carbocycles. The van der Waals surface area contributed by atoms with Crippen LogP contribution in [0.15, 0.2) is 9.59 Å². The smallest absolute Gasteiger partial charge is 0.275 e. The van der Waals surface area contributed by atoms with Crippen LogP contribution in [0.3, 0.4) is 0 Å². The van der Waals surface area contributed by atoms with Gasteiger partial charge < -0.3 is 0 Å². The molecule has 2 aromatic heterocycles. The average molecular weight is 179 g/mol. The Morgan fingerprint density at radius 3 is 2.69 bits per heavy atom. The van der Waals surface area contributed by atoms with Gasteiger partial charge in [-0.15, -0.1) is 0 Å². The first-order valence-electron chi connectivity index (χ1n) is 3.28. The van der Waals surface area contributed by atoms with Crippen molar-refractivity contribution in [1.82, 2.24) is 19.9 Å². The van der Waals surface area contributed by atoms with Crippen LogP contribution in [-0.2, 0) is 0 Å². The number of nitrogens with zero attached hydrogens (tertiary/aromatic N) is 3. The van der Waals surface area contributed by atoms with E-state index in [2.05, 4.69) is 19.9 Å². The molecule has 0 aliphatic rings. The highest BCUT2D eigenvalue weighted by atomic mass is 16.2. The summed E-state index contributed by atoms with van der Waals surface area (Å²) in [7, 11) is 0. The van der Waals surface area contributed by atoms with Crippen LogP contribution in [0.2, 0.25) is 0 Å². The normalized spacial score (nSPS) is 10.1. The fourth-order valence-electron chi connectivity index (χ4n) is 0.967. The molecule has 0 aliphatic carbocycles. The van der Waals surface area contributed by atoms with Crippen LogP contribution < -0.4 is 11.2 Å². The third kappa shape index (κ3) is 0.987. The van der Waals surface area contributed by atoms with E-state index < -0.39 is 11.2 Å². The summed E-state index contributed by atoms with van der Waals surface area (Å²) < 4.78 is 0. The molecule has 0 fully saturated rings. The standard InChI is InChI=1S/C5H2N6O2/c6-11-4-7-1-2(8-4)9-5(13)10-3(1)12/h6H,(H,10,12,13)/p+1. The number of nitrogens with one attached hydrogen (secondary N) is 3. The number of rotatable bonds is 0. The van der Waals surface area contributed by atoms with Crippen LogP contribution in [0.4, 0.5) is 5.95 Å². The van der Waals surface area contributed by atoms with Gasteiger partial charge in [0.05, 0.1) is 5.39 Å². The fourth-order valence-corrected chi connectivity index (χ4v) is 0.967. The summed E-state index contributed by atoms with van der Waals surface area (Å²) in [6.07, 6.45) is 0. The monoisotopic (exact) mass is 179 g/mol. The Morgan fingerprint density at radius 2 is 2.00 bits per heavy atom. The van der Waals surface area contributed by atoms with Crippen molar-refractivity contribution in [2.45, 2.75) is 0 Å². The molecule has 0 bridgehead atoms. The molecule has 0 spiro atoms. The summed E-state index contributed by atoms with van der Waals surface area (Å²) >= 11 is 0. The highest BCUT2D eigenvalue weighted by Gasteiger charge is 2.16. The molecule has 0 radical (unpaired) electrons. The Labute approximate surface area is 69.3 Å². The van der Waals surface area contributed by atoms with Gasteiger partial charge in [-0.3, -0.25) is 14.8 Å². The zero-order valence-corrected chi connectivity index (χ0v) is 6.16. The van der Waals surface area contributed by atoms with Crippen molar-refractivity contribution in [1.29, 1.82) is 5.39 Å². The minimum Gasteiger partial charge on any atom is -0.275 e. The van der Waals surface area contributed by atoms with Crippen LogP contribution in [0.25, 0.3) is 16.1 Å². The highest BCUT2D eigenvalue weighted by molar-refractivity contribution is 5.71. The summed E-state index contributed by atoms with van der Waals surface area (Å²) in [5.41, 5.74) is -1.15. The van der Waals surface area contributed by atoms with Crippen molar-refractivity contribution >= 4 is 17.1 Å². The topological polar surface area (TPSA) is 123 Å². The summed E-state index contributed by atoms with van der Waals surface area (Å²) in [6.45, 7) is 0. The number of hydrogen-bond donors (Lipinski definition) is 3. The third-order valence-electron chi connectivity index (χ3n) is 1.47. The Bertz CT molecular complexity index is 610. The number of H-pyrrole nitrogens is 3. The van der Waals surface area contributed by atoms with Crippen molar-refractivity contribution in [3.05, 3.63) is 25.8 Å². The molecule has 0 saturated heterocycles. The molecule has 2 rings (SSSR count). The predicted octanol–water partition coefficient (Wildman–Crippen LogP) is -0.576. The van der Waals surface area contributed by atoms with Crippen molar-refractivity contribution in [3.63, 3.8) is 0 Å². The van der Waals surface area contributed by atoms with Gasteiger partial charge in [0.15, 0.2) is 0 Å². The second-order valence-electron chi connectivity index (χ2n) is 2.29. The second-order valence-corrected chi connectivity index (χ2v) is 2.29. The quantitative estimate of drug-likeness (QED) is 0.468. The van der Waals surface area contributed by atoms with Gasteiger partial charge in [-0.2, -0.15) is 0 Å². The Balaban J connectivity index is 3.01. The molecule has 3 N–H and O–H groups in total. The first-order valence-corrected chi connectivity index (χ1v) is 3.28. The molecule has 0 atom stereocenters. The van der Waals surface area contributed by atoms with Gasteiger partial charge >= 0.3 is 11.6 Å². The van der Waals surface area contributed by atoms with E-state index >= 15 is 0 Å². The Hall–Kier alpha value is -2.43. The minimum atomic E-state index is -0.659. The van der Waals surface area contributed by atoms with Crippen LogP contribution in [-0.4, -0.2) is 19.9 Å². The lowest BCUT2D eigenvalue weighted by atomic mass is 10.5. The molecule has 0 amide bonds. The van der Waals surface area contributed by atoms with Gasteiger partial charge in [0.1, 0.15) is 0 Å². The Kier molecular flexibility index (Phi) is 1.27. The molecule has 2 aromatic rings. The molecule has 64 valence electrons. The number of imidazole rings is 1. The molecular weight excluding hydrogens is 176 g/mol. The van der Waals surface area contributed by atoms with E-state index in [1.54, 1.807) is 0 Å². The van der Waals surface area contributed by atoms with E-state index in [1.165, 1.54) is 0 Å². The average Bonchev–Trinajstić information content (AvgIpc) is 2.47. The van der Waals surface area contributed by atoms with Crippen molar-refractivity contribution in [2.75, 3.05) is 0 Å². The lowest BCUT2D eigenvalue weighted by Crippen LogP contribution is -2.21. The van der Waals surface area contributed by atoms with Crippen molar-refractivity contribution in [3.8, 4) is 0 Å². The maximum Gasteiger partial charge on any atom is 0.528 e. The Morgan fingerprint density at radius 1 is 1.23 bits per heavy atom. The zero-order chi connectivity index (χ0) is 9.42. The van der Waals surface area contributed by atoms with E-state index in [0.29, 0.717) is 0 Å². The van der Waals surface area contributed by atoms with Gasteiger partial charge in [-0.05, 0) is 9.96 Å². The summed E-state index contributed by atoms with van der Waals surface area (Å²) in [5.74, 6) is -0.137. The molecule has 8 heteroatoms. The lowest BCUT2D eigenvalue weighted by Gasteiger charge is -1.78. The largest absolute Gasteiger partial charge is 0.528 e. The predicted molar refractivity (Wildman–Crippen MR) is 42.1 cm³/mol. The van der Waals surface area contributed by atoms with Gasteiger partial charge in [-0.1, -0.05) is 0 Å². The van der Waals surface area contributed by atoms with E-state index in [0.717, 1.165) is 0 Å². The number of hydrogen-bond acceptors (Lipinski definition) is 4. The molecule has 0 unspecified atom stereocenters. The first-order chi connectivity index (χ1) is 6.20. The SMILES string of the molecule is N#[N+]c1nc2[nH]c(=O)[nH]c(=O)c2[nH]1. The van der Waals surface area contributed by atoms with Crippen LogP contribution >= 0.6 is 0 Å². The van der Waals surface area contributed by atoms with Crippen LogP contribution in [0, 0.1) is 5.39 Å². The first kappa shape index (κ1) is 7.23. The van der Waals surface area contributed by atoms with Gasteiger partial charge in [0, 0.05) is 0 Å². The minimum absolute atomic E-state index is 0.0570. The highest BCUT2D eigenvalue weighted by Crippen LogP contribution is 2.07. The van der Waals surface area contributed by atoms with Crippen LogP contribution in [0.5, 0.6) is 0 Å². The van der Waals surface area contributed by atoms with E-state index in [9.17, 15) is 9.59 Å². The van der Waals surface area contributed by atoms with E-state index in [-0.39, 0.29) is 17.1 Å². The second kappa shape index (κ2) is 2.28. The van der Waals surface area contributed by atoms with Crippen molar-refractivity contribution in [2.24, 2.45) is 0 Å². The molecule has 8 nitrogen and oxygen atoms in total. The van der Waals surface area contributed by atoms with E-state index in [4.69, 9.17) is 5.39 Å². The lowest BCUT2D eigenvalue weighted by molar-refractivity contribution is 1.07. The van der Waals surface area contributed by atoms with Gasteiger partial charge in [-0.25, -0.2) is 9.78 Å². The zero-order valence-electron chi connectivity index (χ0n) is 6.16. The third-order valence-corrected chi connectivity index (χ3v) is 1.47. The fraction of sp³-hybridized carbons (Fsp3) is 0. The summed E-state index contributed by atoms with van der Waals surface area (Å²) in [6, 6.07) is 0. The number of aromatic nitrogens is 4.